The summed E-state index contributed by atoms with van der Waals surface area (Å²) in [5, 5.41) is 14.4. The van der Waals surface area contributed by atoms with E-state index in [1.807, 2.05) is 18.2 Å². The lowest BCUT2D eigenvalue weighted by atomic mass is 10.00. The molecule has 1 aliphatic heterocycles. The molecule has 2 N–H and O–H groups in total. The van der Waals surface area contributed by atoms with Crippen molar-refractivity contribution >= 4 is 23.1 Å². The van der Waals surface area contributed by atoms with Gasteiger partial charge in [0, 0.05) is 17.9 Å². The summed E-state index contributed by atoms with van der Waals surface area (Å²) in [5.41, 5.74) is 8.45. The second-order valence-corrected chi connectivity index (χ2v) is 5.12. The number of carbonyl (C=O) groups is 1. The third kappa shape index (κ3) is 2.50. The standard InChI is InChI=1S/C14H15N5O3/c15-11-4-1-5-12-10(11)3-2-7-18(12)14(20)9-17-8-6-13(16-17)19(21)22/h1,4-6,8H,2-3,7,9,15H2. The first-order valence-corrected chi connectivity index (χ1v) is 6.92. The molecular formula is C14H15N5O3. The molecule has 0 unspecified atom stereocenters. The Labute approximate surface area is 126 Å². The van der Waals surface area contributed by atoms with Crippen LogP contribution in [0.5, 0.6) is 0 Å². The molecule has 0 bridgehead atoms. The molecule has 8 heteroatoms. The van der Waals surface area contributed by atoms with Gasteiger partial charge in [-0.2, -0.15) is 4.68 Å². The van der Waals surface area contributed by atoms with Crippen molar-refractivity contribution in [1.29, 1.82) is 0 Å². The first-order valence-electron chi connectivity index (χ1n) is 6.92. The fourth-order valence-corrected chi connectivity index (χ4v) is 2.67. The molecule has 1 aromatic carbocycles. The third-order valence-electron chi connectivity index (χ3n) is 3.70. The predicted molar refractivity (Wildman–Crippen MR) is 80.4 cm³/mol. The lowest BCUT2D eigenvalue weighted by Crippen LogP contribution is -2.38. The van der Waals surface area contributed by atoms with Crippen molar-refractivity contribution in [2.75, 3.05) is 17.2 Å². The summed E-state index contributed by atoms with van der Waals surface area (Å²) in [6.07, 6.45) is 3.12. The summed E-state index contributed by atoms with van der Waals surface area (Å²) in [4.78, 5) is 24.2. The average molecular weight is 301 g/mol. The van der Waals surface area contributed by atoms with Gasteiger partial charge < -0.3 is 20.7 Å². The Morgan fingerprint density at radius 1 is 1.41 bits per heavy atom. The van der Waals surface area contributed by atoms with Gasteiger partial charge in [0.2, 0.25) is 0 Å². The van der Waals surface area contributed by atoms with Crippen molar-refractivity contribution in [3.05, 3.63) is 46.1 Å². The zero-order valence-electron chi connectivity index (χ0n) is 11.8. The van der Waals surface area contributed by atoms with Gasteiger partial charge in [-0.25, -0.2) is 0 Å². The van der Waals surface area contributed by atoms with Gasteiger partial charge in [0.15, 0.2) is 0 Å². The average Bonchev–Trinajstić information content (AvgIpc) is 2.96. The SMILES string of the molecule is Nc1cccc2c1CCCN2C(=O)Cn1ccc([N+](=O)[O-])n1. The Hall–Kier alpha value is -2.90. The van der Waals surface area contributed by atoms with E-state index in [1.54, 1.807) is 4.90 Å². The number of rotatable bonds is 3. The first-order chi connectivity index (χ1) is 10.6. The van der Waals surface area contributed by atoms with Gasteiger partial charge in [0.05, 0.1) is 17.4 Å². The van der Waals surface area contributed by atoms with Crippen molar-refractivity contribution in [2.24, 2.45) is 0 Å². The number of hydrogen-bond acceptors (Lipinski definition) is 5. The second kappa shape index (κ2) is 5.47. The highest BCUT2D eigenvalue weighted by atomic mass is 16.6. The van der Waals surface area contributed by atoms with Gasteiger partial charge in [0.25, 0.3) is 5.91 Å². The van der Waals surface area contributed by atoms with E-state index in [0.717, 1.165) is 24.1 Å². The van der Waals surface area contributed by atoms with Crippen LogP contribution < -0.4 is 10.6 Å². The predicted octanol–water partition coefficient (Wildman–Crippen LogP) is 1.35. The molecule has 1 amide bonds. The van der Waals surface area contributed by atoms with Crippen LogP contribution in [-0.2, 0) is 17.8 Å². The molecule has 0 atom stereocenters. The molecule has 114 valence electrons. The summed E-state index contributed by atoms with van der Waals surface area (Å²) >= 11 is 0. The van der Waals surface area contributed by atoms with Gasteiger partial charge >= 0.3 is 5.82 Å². The van der Waals surface area contributed by atoms with Crippen LogP contribution in [0.25, 0.3) is 0 Å². The Bertz CT molecular complexity index is 740. The van der Waals surface area contributed by atoms with E-state index in [-0.39, 0.29) is 18.3 Å². The van der Waals surface area contributed by atoms with E-state index in [2.05, 4.69) is 5.10 Å². The van der Waals surface area contributed by atoms with E-state index in [0.29, 0.717) is 12.2 Å². The fourth-order valence-electron chi connectivity index (χ4n) is 2.67. The number of anilines is 2. The summed E-state index contributed by atoms with van der Waals surface area (Å²) in [6.45, 7) is 0.570. The zero-order chi connectivity index (χ0) is 15.7. The van der Waals surface area contributed by atoms with Crippen molar-refractivity contribution in [1.82, 2.24) is 9.78 Å². The molecule has 1 aliphatic rings. The largest absolute Gasteiger partial charge is 0.398 e. The maximum atomic E-state index is 12.5. The molecule has 0 aliphatic carbocycles. The second-order valence-electron chi connectivity index (χ2n) is 5.12. The van der Waals surface area contributed by atoms with Crippen LogP contribution in [0.4, 0.5) is 17.2 Å². The van der Waals surface area contributed by atoms with Gasteiger partial charge in [-0.05, 0) is 35.5 Å². The number of nitro groups is 1. The number of nitrogens with zero attached hydrogens (tertiary/aromatic N) is 4. The smallest absolute Gasteiger partial charge is 0.389 e. The summed E-state index contributed by atoms with van der Waals surface area (Å²) < 4.78 is 1.28. The quantitative estimate of drug-likeness (QED) is 0.523. The van der Waals surface area contributed by atoms with Crippen LogP contribution in [0.3, 0.4) is 0 Å². The molecule has 3 rings (SSSR count). The number of nitrogen functional groups attached to an aromatic ring is 1. The Morgan fingerprint density at radius 3 is 2.95 bits per heavy atom. The lowest BCUT2D eigenvalue weighted by molar-refractivity contribution is -0.389. The minimum Gasteiger partial charge on any atom is -0.398 e. The fraction of sp³-hybridized carbons (Fsp3) is 0.286. The zero-order valence-corrected chi connectivity index (χ0v) is 11.8. The van der Waals surface area contributed by atoms with Crippen molar-refractivity contribution in [3.63, 3.8) is 0 Å². The van der Waals surface area contributed by atoms with Crippen molar-refractivity contribution in [3.8, 4) is 0 Å². The van der Waals surface area contributed by atoms with E-state index in [1.165, 1.54) is 16.9 Å². The van der Waals surface area contributed by atoms with Gasteiger partial charge in [0.1, 0.15) is 6.54 Å². The number of amides is 1. The minimum atomic E-state index is -0.585. The molecule has 1 aromatic heterocycles. The van der Waals surface area contributed by atoms with E-state index < -0.39 is 4.92 Å². The van der Waals surface area contributed by atoms with Gasteiger partial charge in [-0.1, -0.05) is 6.07 Å². The third-order valence-corrected chi connectivity index (χ3v) is 3.70. The highest BCUT2D eigenvalue weighted by Gasteiger charge is 2.25. The molecule has 0 radical (unpaired) electrons. The number of hydrogen-bond donors (Lipinski definition) is 1. The molecular weight excluding hydrogens is 286 g/mol. The number of benzene rings is 1. The first kappa shape index (κ1) is 14.1. The molecule has 0 spiro atoms. The van der Waals surface area contributed by atoms with Crippen molar-refractivity contribution in [2.45, 2.75) is 19.4 Å². The Morgan fingerprint density at radius 2 is 2.23 bits per heavy atom. The molecule has 0 fully saturated rings. The van der Waals surface area contributed by atoms with Crippen molar-refractivity contribution < 1.29 is 9.72 Å². The maximum Gasteiger partial charge on any atom is 0.389 e. The number of nitrogens with two attached hydrogens (primary N) is 1. The van der Waals surface area contributed by atoms with Crippen LogP contribution in [-0.4, -0.2) is 27.2 Å². The van der Waals surface area contributed by atoms with E-state index in [9.17, 15) is 14.9 Å². The van der Waals surface area contributed by atoms with Gasteiger partial charge in [-0.15, -0.1) is 0 Å². The minimum absolute atomic E-state index is 0.0396. The molecule has 2 heterocycles. The van der Waals surface area contributed by atoms with Crippen LogP contribution in [0.15, 0.2) is 30.5 Å². The van der Waals surface area contributed by atoms with E-state index >= 15 is 0 Å². The topological polar surface area (TPSA) is 107 Å². The lowest BCUT2D eigenvalue weighted by Gasteiger charge is -2.30. The summed E-state index contributed by atoms with van der Waals surface area (Å²) in [5.74, 6) is -0.430. The summed E-state index contributed by atoms with van der Waals surface area (Å²) in [7, 11) is 0. The molecule has 2 aromatic rings. The normalized spacial score (nSPS) is 13.7. The number of fused-ring (bicyclic) bond motifs is 1. The number of carbonyl (C=O) groups excluding carboxylic acids is 1. The highest BCUT2D eigenvalue weighted by molar-refractivity contribution is 5.95. The molecule has 0 saturated heterocycles. The molecule has 0 saturated carbocycles. The van der Waals surface area contributed by atoms with Crippen LogP contribution >= 0.6 is 0 Å². The molecule has 8 nitrogen and oxygen atoms in total. The Kier molecular flexibility index (Phi) is 3.50. The monoisotopic (exact) mass is 301 g/mol. The number of aromatic nitrogens is 2. The van der Waals surface area contributed by atoms with Gasteiger partial charge in [-0.3, -0.25) is 4.79 Å². The Balaban J connectivity index is 1.81. The van der Waals surface area contributed by atoms with Crippen LogP contribution in [0.1, 0.15) is 12.0 Å². The maximum absolute atomic E-state index is 12.5. The van der Waals surface area contributed by atoms with Crippen LogP contribution in [0, 0.1) is 10.1 Å². The summed E-state index contributed by atoms with van der Waals surface area (Å²) in [6, 6.07) is 6.78. The van der Waals surface area contributed by atoms with Crippen LogP contribution in [0.2, 0.25) is 0 Å². The van der Waals surface area contributed by atoms with E-state index in [4.69, 9.17) is 5.73 Å². The highest BCUT2D eigenvalue weighted by Crippen LogP contribution is 2.31. The molecule has 22 heavy (non-hydrogen) atoms.